The van der Waals surface area contributed by atoms with Gasteiger partial charge in [0.1, 0.15) is 5.56 Å². The van der Waals surface area contributed by atoms with Gasteiger partial charge in [-0.2, -0.15) is 5.10 Å². The molecule has 0 saturated carbocycles. The normalized spacial score (nSPS) is 10.7. The monoisotopic (exact) mass is 401 g/mol. The fourth-order valence-corrected chi connectivity index (χ4v) is 3.17. The van der Waals surface area contributed by atoms with Crippen molar-refractivity contribution in [2.45, 2.75) is 13.1 Å². The van der Waals surface area contributed by atoms with Crippen LogP contribution in [0.15, 0.2) is 71.8 Å². The van der Waals surface area contributed by atoms with E-state index in [-0.39, 0.29) is 30.4 Å². The summed E-state index contributed by atoms with van der Waals surface area (Å²) < 4.78 is 6.52. The van der Waals surface area contributed by atoms with Crippen molar-refractivity contribution in [3.8, 4) is 5.88 Å². The van der Waals surface area contributed by atoms with Crippen molar-refractivity contribution in [3.05, 3.63) is 94.3 Å². The van der Waals surface area contributed by atoms with Crippen molar-refractivity contribution in [2.75, 3.05) is 7.11 Å². The van der Waals surface area contributed by atoms with Gasteiger partial charge in [0.05, 0.1) is 37.0 Å². The summed E-state index contributed by atoms with van der Waals surface area (Å²) in [5.74, 6) is -0.0961. The molecule has 1 amide bonds. The Labute approximate surface area is 172 Å². The Kier molecular flexibility index (Phi) is 5.47. The molecule has 0 aliphatic heterocycles. The molecule has 3 heterocycles. The Balaban J connectivity index is 1.67. The average Bonchev–Trinajstić information content (AvgIpc) is 2.80. The third kappa shape index (κ3) is 3.88. The number of benzene rings is 1. The largest absolute Gasteiger partial charge is 0.480 e. The molecule has 1 N–H and O–H groups in total. The van der Waals surface area contributed by atoms with Crippen LogP contribution in [0.1, 0.15) is 21.7 Å². The number of aromatic nitrogens is 4. The fraction of sp³-hybridized carbons (Fsp3) is 0.136. The molecule has 4 aromatic rings. The van der Waals surface area contributed by atoms with E-state index < -0.39 is 0 Å². The molecule has 0 spiro atoms. The molecule has 8 heteroatoms. The van der Waals surface area contributed by atoms with Crippen molar-refractivity contribution in [1.29, 1.82) is 0 Å². The van der Waals surface area contributed by atoms with Gasteiger partial charge >= 0.3 is 0 Å². The van der Waals surface area contributed by atoms with E-state index >= 15 is 0 Å². The molecule has 0 atom stereocenters. The number of hydrogen-bond donors (Lipinski definition) is 1. The van der Waals surface area contributed by atoms with Crippen LogP contribution in [-0.2, 0) is 13.1 Å². The molecule has 4 rings (SSSR count). The number of carbonyl (C=O) groups is 1. The van der Waals surface area contributed by atoms with E-state index in [0.29, 0.717) is 22.0 Å². The van der Waals surface area contributed by atoms with Gasteiger partial charge in [-0.05, 0) is 30.3 Å². The lowest BCUT2D eigenvalue weighted by Crippen LogP contribution is -2.29. The first-order valence-corrected chi connectivity index (χ1v) is 9.33. The minimum atomic E-state index is -0.340. The lowest BCUT2D eigenvalue weighted by Gasteiger charge is -2.12. The number of carbonyl (C=O) groups excluding carboxylic acids is 1. The molecule has 8 nitrogen and oxygen atoms in total. The van der Waals surface area contributed by atoms with Crippen molar-refractivity contribution in [1.82, 2.24) is 25.1 Å². The van der Waals surface area contributed by atoms with E-state index in [2.05, 4.69) is 20.4 Å². The summed E-state index contributed by atoms with van der Waals surface area (Å²) in [7, 11) is 1.46. The van der Waals surface area contributed by atoms with Gasteiger partial charge in [0.15, 0.2) is 0 Å². The Morgan fingerprint density at radius 1 is 1.00 bits per heavy atom. The highest BCUT2D eigenvalue weighted by molar-refractivity contribution is 5.96. The minimum Gasteiger partial charge on any atom is -0.480 e. The summed E-state index contributed by atoms with van der Waals surface area (Å²) in [6.45, 7) is 0.377. The summed E-state index contributed by atoms with van der Waals surface area (Å²) in [5, 5.41) is 8.57. The van der Waals surface area contributed by atoms with E-state index in [9.17, 15) is 9.59 Å². The van der Waals surface area contributed by atoms with E-state index in [1.807, 2.05) is 30.3 Å². The highest BCUT2D eigenvalue weighted by Gasteiger charge is 2.15. The smallest absolute Gasteiger partial charge is 0.275 e. The van der Waals surface area contributed by atoms with Crippen LogP contribution in [0.2, 0.25) is 0 Å². The van der Waals surface area contributed by atoms with Crippen LogP contribution in [-0.4, -0.2) is 32.8 Å². The SMILES string of the molecule is COc1ncccc1C(=O)NCc1nn(Cc2ccccn2)c(=O)c2ccccc12. The third-order valence-electron chi connectivity index (χ3n) is 4.61. The zero-order valence-corrected chi connectivity index (χ0v) is 16.3. The fourth-order valence-electron chi connectivity index (χ4n) is 3.17. The second kappa shape index (κ2) is 8.52. The first kappa shape index (κ1) is 19.3. The lowest BCUT2D eigenvalue weighted by atomic mass is 10.1. The standard InChI is InChI=1S/C22H19N5O3/c1-30-21-18(10-6-12-24-21)20(28)25-13-19-16-8-2-3-9-17(16)22(29)27(26-19)14-15-7-4-5-11-23-15/h2-12H,13-14H2,1H3,(H,25,28). The van der Waals surface area contributed by atoms with Gasteiger partial charge in [-0.3, -0.25) is 14.6 Å². The van der Waals surface area contributed by atoms with Crippen LogP contribution in [0.4, 0.5) is 0 Å². The van der Waals surface area contributed by atoms with Crippen molar-refractivity contribution in [3.63, 3.8) is 0 Å². The first-order valence-electron chi connectivity index (χ1n) is 9.33. The maximum Gasteiger partial charge on any atom is 0.275 e. The second-order valence-electron chi connectivity index (χ2n) is 6.52. The van der Waals surface area contributed by atoms with Crippen LogP contribution >= 0.6 is 0 Å². The molecular weight excluding hydrogens is 382 g/mol. The van der Waals surface area contributed by atoms with E-state index in [4.69, 9.17) is 4.74 Å². The van der Waals surface area contributed by atoms with E-state index in [1.165, 1.54) is 11.8 Å². The third-order valence-corrected chi connectivity index (χ3v) is 4.61. The quantitative estimate of drug-likeness (QED) is 0.532. The molecule has 3 aromatic heterocycles. The van der Waals surface area contributed by atoms with Crippen LogP contribution in [0, 0.1) is 0 Å². The second-order valence-corrected chi connectivity index (χ2v) is 6.52. The highest BCUT2D eigenvalue weighted by atomic mass is 16.5. The van der Waals surface area contributed by atoms with Gasteiger partial charge in [-0.1, -0.05) is 24.3 Å². The van der Waals surface area contributed by atoms with Gasteiger partial charge in [0.2, 0.25) is 5.88 Å². The van der Waals surface area contributed by atoms with Crippen LogP contribution in [0.3, 0.4) is 0 Å². The number of nitrogens with one attached hydrogen (secondary N) is 1. The van der Waals surface area contributed by atoms with Crippen molar-refractivity contribution >= 4 is 16.7 Å². The number of nitrogens with zero attached hydrogens (tertiary/aromatic N) is 4. The molecule has 30 heavy (non-hydrogen) atoms. The molecule has 0 bridgehead atoms. The number of rotatable bonds is 6. The molecular formula is C22H19N5O3. The number of fused-ring (bicyclic) bond motifs is 1. The number of pyridine rings is 2. The van der Waals surface area contributed by atoms with Crippen LogP contribution in [0.25, 0.3) is 10.8 Å². The van der Waals surface area contributed by atoms with Crippen LogP contribution < -0.4 is 15.6 Å². The zero-order valence-electron chi connectivity index (χ0n) is 16.3. The van der Waals surface area contributed by atoms with Gasteiger partial charge in [-0.15, -0.1) is 0 Å². The Morgan fingerprint density at radius 3 is 2.53 bits per heavy atom. The average molecular weight is 401 g/mol. The predicted molar refractivity (Wildman–Crippen MR) is 111 cm³/mol. The van der Waals surface area contributed by atoms with E-state index in [0.717, 1.165) is 5.69 Å². The number of amides is 1. The maximum atomic E-state index is 12.9. The summed E-state index contributed by atoms with van der Waals surface area (Å²) in [6.07, 6.45) is 3.22. The molecule has 0 aliphatic carbocycles. The van der Waals surface area contributed by atoms with E-state index in [1.54, 1.807) is 36.7 Å². The maximum absolute atomic E-state index is 12.9. The summed E-state index contributed by atoms with van der Waals surface area (Å²) >= 11 is 0. The zero-order chi connectivity index (χ0) is 20.9. The molecule has 0 radical (unpaired) electrons. The van der Waals surface area contributed by atoms with Gasteiger partial charge in [-0.25, -0.2) is 9.67 Å². The van der Waals surface area contributed by atoms with Crippen LogP contribution in [0.5, 0.6) is 5.88 Å². The van der Waals surface area contributed by atoms with Gasteiger partial charge in [0, 0.05) is 17.8 Å². The topological polar surface area (TPSA) is 99.0 Å². The number of hydrogen-bond acceptors (Lipinski definition) is 6. The Hall–Kier alpha value is -4.07. The van der Waals surface area contributed by atoms with Crippen molar-refractivity contribution < 1.29 is 9.53 Å². The van der Waals surface area contributed by atoms with Gasteiger partial charge < -0.3 is 10.1 Å². The van der Waals surface area contributed by atoms with Gasteiger partial charge in [0.25, 0.3) is 11.5 Å². The summed E-state index contributed by atoms with van der Waals surface area (Å²) in [6, 6.07) is 16.0. The number of ether oxygens (including phenoxy) is 1. The first-order chi connectivity index (χ1) is 14.7. The molecule has 0 fully saturated rings. The highest BCUT2D eigenvalue weighted by Crippen LogP contribution is 2.16. The Bertz CT molecular complexity index is 1250. The summed E-state index contributed by atoms with van der Waals surface area (Å²) in [4.78, 5) is 33.8. The molecule has 0 saturated heterocycles. The predicted octanol–water partition coefficient (Wildman–Crippen LogP) is 2.17. The molecule has 0 aliphatic rings. The summed E-state index contributed by atoms with van der Waals surface area (Å²) in [5.41, 5.74) is 1.42. The minimum absolute atomic E-state index is 0.139. The number of methoxy groups -OCH3 is 1. The molecule has 150 valence electrons. The molecule has 0 unspecified atom stereocenters. The van der Waals surface area contributed by atoms with Crippen molar-refractivity contribution in [2.24, 2.45) is 0 Å². The molecule has 1 aromatic carbocycles. The Morgan fingerprint density at radius 2 is 1.77 bits per heavy atom. The lowest BCUT2D eigenvalue weighted by molar-refractivity contribution is 0.0946.